The van der Waals surface area contributed by atoms with Gasteiger partial charge >= 0.3 is 0 Å². The lowest BCUT2D eigenvalue weighted by molar-refractivity contribution is 0.0943. The molecule has 100 valence electrons. The third-order valence-electron chi connectivity index (χ3n) is 3.75. The second-order valence-corrected chi connectivity index (χ2v) is 5.72. The van der Waals surface area contributed by atoms with Crippen LogP contribution in [0.2, 0.25) is 0 Å². The molecule has 1 N–H and O–H groups in total. The highest BCUT2D eigenvalue weighted by atomic mass is 35.5. The van der Waals surface area contributed by atoms with Crippen LogP contribution in [0.25, 0.3) is 0 Å². The van der Waals surface area contributed by atoms with Crippen molar-refractivity contribution in [1.82, 2.24) is 15.1 Å². The molecule has 1 aliphatic carbocycles. The standard InChI is InChI=1S/C13H20ClN3O/c1-9-12(8-16-17(9)2)13(18)15-7-10-4-3-5-11(14)6-10/h8,10-11H,3-7H2,1-2H3,(H,15,18). The number of aromatic nitrogens is 2. The molecule has 5 heteroatoms. The van der Waals surface area contributed by atoms with E-state index in [9.17, 15) is 4.79 Å². The van der Waals surface area contributed by atoms with Gasteiger partial charge in [-0.15, -0.1) is 11.6 Å². The molecular weight excluding hydrogens is 250 g/mol. The van der Waals surface area contributed by atoms with Crippen LogP contribution in [0.4, 0.5) is 0 Å². The summed E-state index contributed by atoms with van der Waals surface area (Å²) in [7, 11) is 1.84. The van der Waals surface area contributed by atoms with Crippen LogP contribution in [0, 0.1) is 12.8 Å². The number of carbonyl (C=O) groups excluding carboxylic acids is 1. The Morgan fingerprint density at radius 2 is 2.39 bits per heavy atom. The maximum absolute atomic E-state index is 12.0. The van der Waals surface area contributed by atoms with E-state index in [1.165, 1.54) is 6.42 Å². The predicted octanol–water partition coefficient (Wildman–Crippen LogP) is 2.26. The molecule has 0 aliphatic heterocycles. The van der Waals surface area contributed by atoms with Gasteiger partial charge in [0, 0.05) is 24.7 Å². The molecule has 2 unspecified atom stereocenters. The van der Waals surface area contributed by atoms with Crippen molar-refractivity contribution >= 4 is 17.5 Å². The van der Waals surface area contributed by atoms with Crippen LogP contribution >= 0.6 is 11.6 Å². The number of nitrogens with zero attached hydrogens (tertiary/aromatic N) is 2. The molecule has 1 saturated carbocycles. The Balaban J connectivity index is 1.86. The molecule has 2 rings (SSSR count). The average Bonchev–Trinajstić information content (AvgIpc) is 2.67. The van der Waals surface area contributed by atoms with Crippen molar-refractivity contribution in [3.8, 4) is 0 Å². The van der Waals surface area contributed by atoms with Gasteiger partial charge in [0.2, 0.25) is 0 Å². The number of aryl methyl sites for hydroxylation is 1. The van der Waals surface area contributed by atoms with Crippen LogP contribution < -0.4 is 5.32 Å². The maximum Gasteiger partial charge on any atom is 0.254 e. The SMILES string of the molecule is Cc1c(C(=O)NCC2CCCC(Cl)C2)cnn1C. The van der Waals surface area contributed by atoms with E-state index in [1.807, 2.05) is 14.0 Å². The van der Waals surface area contributed by atoms with E-state index in [4.69, 9.17) is 11.6 Å². The fourth-order valence-corrected chi connectivity index (χ4v) is 2.87. The van der Waals surface area contributed by atoms with Crippen LogP contribution in [0.1, 0.15) is 41.7 Å². The van der Waals surface area contributed by atoms with Gasteiger partial charge in [-0.3, -0.25) is 9.48 Å². The topological polar surface area (TPSA) is 46.9 Å². The predicted molar refractivity (Wildman–Crippen MR) is 71.9 cm³/mol. The molecule has 1 aromatic heterocycles. The molecule has 0 aromatic carbocycles. The molecule has 1 fully saturated rings. The molecule has 18 heavy (non-hydrogen) atoms. The van der Waals surface area contributed by atoms with Crippen molar-refractivity contribution in [1.29, 1.82) is 0 Å². The molecule has 2 atom stereocenters. The Kier molecular flexibility index (Phi) is 4.27. The lowest BCUT2D eigenvalue weighted by atomic mass is 9.89. The molecular formula is C13H20ClN3O. The van der Waals surface area contributed by atoms with Gasteiger partial charge in [0.15, 0.2) is 0 Å². The highest BCUT2D eigenvalue weighted by molar-refractivity contribution is 6.20. The molecule has 0 radical (unpaired) electrons. The molecule has 4 nitrogen and oxygen atoms in total. The van der Waals surface area contributed by atoms with E-state index >= 15 is 0 Å². The minimum Gasteiger partial charge on any atom is -0.352 e. The Bertz CT molecular complexity index is 430. The van der Waals surface area contributed by atoms with E-state index in [2.05, 4.69) is 10.4 Å². The van der Waals surface area contributed by atoms with Gasteiger partial charge in [-0.25, -0.2) is 0 Å². The van der Waals surface area contributed by atoms with Crippen molar-refractivity contribution in [3.63, 3.8) is 0 Å². The van der Waals surface area contributed by atoms with Gasteiger partial charge in [-0.05, 0) is 32.1 Å². The summed E-state index contributed by atoms with van der Waals surface area (Å²) in [4.78, 5) is 12.0. The van der Waals surface area contributed by atoms with Crippen molar-refractivity contribution < 1.29 is 4.79 Å². The Morgan fingerprint density at radius 3 is 3.00 bits per heavy atom. The number of alkyl halides is 1. The number of nitrogens with one attached hydrogen (secondary N) is 1. The first-order chi connectivity index (χ1) is 8.58. The minimum atomic E-state index is -0.0303. The second-order valence-electron chi connectivity index (χ2n) is 5.11. The zero-order valence-corrected chi connectivity index (χ0v) is 11.7. The molecule has 1 heterocycles. The Hall–Kier alpha value is -1.03. The average molecular weight is 270 g/mol. The van der Waals surface area contributed by atoms with E-state index in [0.717, 1.165) is 31.5 Å². The van der Waals surface area contributed by atoms with Gasteiger partial charge < -0.3 is 5.32 Å². The minimum absolute atomic E-state index is 0.0303. The van der Waals surface area contributed by atoms with Crippen molar-refractivity contribution in [2.24, 2.45) is 13.0 Å². The molecule has 1 amide bonds. The van der Waals surface area contributed by atoms with Crippen LogP contribution in [-0.2, 0) is 7.05 Å². The fraction of sp³-hybridized carbons (Fsp3) is 0.692. The second kappa shape index (κ2) is 5.74. The van der Waals surface area contributed by atoms with E-state index in [-0.39, 0.29) is 11.3 Å². The summed E-state index contributed by atoms with van der Waals surface area (Å²) >= 11 is 6.15. The Morgan fingerprint density at radius 1 is 1.61 bits per heavy atom. The summed E-state index contributed by atoms with van der Waals surface area (Å²) in [5, 5.41) is 7.35. The Labute approximate surface area is 113 Å². The molecule has 1 aromatic rings. The molecule has 0 saturated heterocycles. The summed E-state index contributed by atoms with van der Waals surface area (Å²) in [6, 6.07) is 0. The van der Waals surface area contributed by atoms with E-state index in [0.29, 0.717) is 11.5 Å². The van der Waals surface area contributed by atoms with Crippen LogP contribution in [0.15, 0.2) is 6.20 Å². The normalized spacial score (nSPS) is 23.9. The number of halogens is 1. The summed E-state index contributed by atoms with van der Waals surface area (Å²) in [6.45, 7) is 2.62. The summed E-state index contributed by atoms with van der Waals surface area (Å²) in [5.74, 6) is 0.486. The van der Waals surface area contributed by atoms with Crippen molar-refractivity contribution in [2.45, 2.75) is 38.0 Å². The lowest BCUT2D eigenvalue weighted by Crippen LogP contribution is -2.32. The quantitative estimate of drug-likeness (QED) is 0.856. The van der Waals surface area contributed by atoms with Gasteiger partial charge in [0.25, 0.3) is 5.91 Å². The molecule has 0 bridgehead atoms. The van der Waals surface area contributed by atoms with Gasteiger partial charge in [-0.1, -0.05) is 6.42 Å². The van der Waals surface area contributed by atoms with Crippen LogP contribution in [-0.4, -0.2) is 27.6 Å². The zero-order chi connectivity index (χ0) is 13.1. The highest BCUT2D eigenvalue weighted by Crippen LogP contribution is 2.27. The first-order valence-electron chi connectivity index (χ1n) is 6.48. The van der Waals surface area contributed by atoms with Gasteiger partial charge in [0.05, 0.1) is 11.8 Å². The first-order valence-corrected chi connectivity index (χ1v) is 6.92. The highest BCUT2D eigenvalue weighted by Gasteiger charge is 2.21. The summed E-state index contributed by atoms with van der Waals surface area (Å²) in [5.41, 5.74) is 1.56. The van der Waals surface area contributed by atoms with Crippen LogP contribution in [0.5, 0.6) is 0 Å². The van der Waals surface area contributed by atoms with Crippen molar-refractivity contribution in [3.05, 3.63) is 17.5 Å². The van der Waals surface area contributed by atoms with E-state index < -0.39 is 0 Å². The number of rotatable bonds is 3. The number of carbonyl (C=O) groups is 1. The third kappa shape index (κ3) is 3.05. The smallest absolute Gasteiger partial charge is 0.254 e. The van der Waals surface area contributed by atoms with Gasteiger partial charge in [-0.2, -0.15) is 5.10 Å². The number of amides is 1. The summed E-state index contributed by atoms with van der Waals surface area (Å²) < 4.78 is 1.71. The lowest BCUT2D eigenvalue weighted by Gasteiger charge is -2.25. The first kappa shape index (κ1) is 13.4. The fourth-order valence-electron chi connectivity index (χ4n) is 2.46. The summed E-state index contributed by atoms with van der Waals surface area (Å²) in [6.07, 6.45) is 6.06. The van der Waals surface area contributed by atoms with Gasteiger partial charge in [0.1, 0.15) is 0 Å². The largest absolute Gasteiger partial charge is 0.352 e. The maximum atomic E-state index is 12.0. The third-order valence-corrected chi connectivity index (χ3v) is 4.15. The van der Waals surface area contributed by atoms with E-state index in [1.54, 1.807) is 10.9 Å². The van der Waals surface area contributed by atoms with Crippen LogP contribution in [0.3, 0.4) is 0 Å². The monoisotopic (exact) mass is 269 g/mol. The van der Waals surface area contributed by atoms with Crippen molar-refractivity contribution in [2.75, 3.05) is 6.54 Å². The number of hydrogen-bond donors (Lipinski definition) is 1. The molecule has 1 aliphatic rings. The zero-order valence-electron chi connectivity index (χ0n) is 10.9. The number of hydrogen-bond acceptors (Lipinski definition) is 2. The molecule has 0 spiro atoms.